The lowest BCUT2D eigenvalue weighted by Gasteiger charge is -2.05. The SMILES string of the molecule is CCCCCc1ccc(-c2ccc(C#Cc3ccc(OC)c(F)c3F)cc2)cc1. The van der Waals surface area contributed by atoms with E-state index < -0.39 is 11.6 Å². The van der Waals surface area contributed by atoms with Crippen LogP contribution in [0, 0.1) is 23.5 Å². The van der Waals surface area contributed by atoms with Gasteiger partial charge < -0.3 is 4.74 Å². The Balaban J connectivity index is 1.72. The summed E-state index contributed by atoms with van der Waals surface area (Å²) < 4.78 is 32.6. The second-order valence-corrected chi connectivity index (χ2v) is 6.92. The van der Waals surface area contributed by atoms with Gasteiger partial charge in [-0.05, 0) is 53.8 Å². The zero-order chi connectivity index (χ0) is 20.6. The molecule has 0 saturated heterocycles. The summed E-state index contributed by atoms with van der Waals surface area (Å²) in [5.41, 5.74) is 4.34. The van der Waals surface area contributed by atoms with Crippen molar-refractivity contribution in [3.63, 3.8) is 0 Å². The maximum atomic E-state index is 14.0. The predicted octanol–water partition coefficient (Wildman–Crippen LogP) is 6.77. The minimum Gasteiger partial charge on any atom is -0.494 e. The van der Waals surface area contributed by atoms with E-state index in [1.54, 1.807) is 0 Å². The molecule has 0 heterocycles. The highest BCUT2D eigenvalue weighted by molar-refractivity contribution is 5.64. The van der Waals surface area contributed by atoms with E-state index >= 15 is 0 Å². The molecule has 0 atom stereocenters. The third-order valence-electron chi connectivity index (χ3n) is 4.85. The molecule has 0 aromatic heterocycles. The molecule has 0 spiro atoms. The Morgan fingerprint density at radius 3 is 2.03 bits per heavy atom. The van der Waals surface area contributed by atoms with Gasteiger partial charge in [-0.3, -0.25) is 0 Å². The lowest BCUT2D eigenvalue weighted by atomic mass is 10.0. The van der Waals surface area contributed by atoms with E-state index in [1.807, 2.05) is 24.3 Å². The molecule has 3 heteroatoms. The first-order valence-electron chi connectivity index (χ1n) is 9.85. The molecule has 0 aliphatic carbocycles. The maximum absolute atomic E-state index is 14.0. The van der Waals surface area contributed by atoms with Crippen molar-refractivity contribution in [1.29, 1.82) is 0 Å². The molecule has 0 saturated carbocycles. The molecule has 148 valence electrons. The number of benzene rings is 3. The molecule has 0 N–H and O–H groups in total. The van der Waals surface area contributed by atoms with Gasteiger partial charge in [0, 0.05) is 5.56 Å². The lowest BCUT2D eigenvalue weighted by Crippen LogP contribution is -1.95. The summed E-state index contributed by atoms with van der Waals surface area (Å²) in [6.45, 7) is 2.21. The van der Waals surface area contributed by atoms with Gasteiger partial charge in [0.15, 0.2) is 11.6 Å². The van der Waals surface area contributed by atoms with E-state index in [0.29, 0.717) is 0 Å². The first-order valence-corrected chi connectivity index (χ1v) is 9.85. The average molecular weight is 390 g/mol. The van der Waals surface area contributed by atoms with Gasteiger partial charge in [0.2, 0.25) is 5.82 Å². The van der Waals surface area contributed by atoms with Crippen LogP contribution in [0.5, 0.6) is 5.75 Å². The molecule has 29 heavy (non-hydrogen) atoms. The van der Waals surface area contributed by atoms with Crippen LogP contribution in [0.4, 0.5) is 8.78 Å². The van der Waals surface area contributed by atoms with Crippen molar-refractivity contribution in [3.8, 4) is 28.7 Å². The molecule has 0 aliphatic rings. The maximum Gasteiger partial charge on any atom is 0.201 e. The minimum atomic E-state index is -1.02. The van der Waals surface area contributed by atoms with Crippen LogP contribution >= 0.6 is 0 Å². The van der Waals surface area contributed by atoms with Gasteiger partial charge in [-0.15, -0.1) is 0 Å². The number of methoxy groups -OCH3 is 1. The average Bonchev–Trinajstić information content (AvgIpc) is 2.76. The number of halogens is 2. The van der Waals surface area contributed by atoms with Gasteiger partial charge in [0.1, 0.15) is 0 Å². The van der Waals surface area contributed by atoms with Crippen LogP contribution in [0.25, 0.3) is 11.1 Å². The van der Waals surface area contributed by atoms with Crippen molar-refractivity contribution in [2.75, 3.05) is 7.11 Å². The molecular formula is C26H24F2O. The van der Waals surface area contributed by atoms with Crippen molar-refractivity contribution >= 4 is 0 Å². The van der Waals surface area contributed by atoms with E-state index in [4.69, 9.17) is 4.74 Å². The topological polar surface area (TPSA) is 9.23 Å². The Morgan fingerprint density at radius 1 is 0.759 bits per heavy atom. The van der Waals surface area contributed by atoms with Crippen LogP contribution in [0.1, 0.15) is 42.9 Å². The van der Waals surface area contributed by atoms with E-state index in [1.165, 1.54) is 44.1 Å². The van der Waals surface area contributed by atoms with Gasteiger partial charge in [-0.1, -0.05) is 68.0 Å². The number of unbranched alkanes of at least 4 members (excludes halogenated alkanes) is 2. The van der Waals surface area contributed by atoms with Crippen LogP contribution in [-0.4, -0.2) is 7.11 Å². The van der Waals surface area contributed by atoms with Crippen LogP contribution in [-0.2, 0) is 6.42 Å². The first kappa shape index (κ1) is 20.6. The standard InChI is InChI=1S/C26H24F2O/c1-3-4-5-6-19-7-12-21(13-8-19)22-14-9-20(10-15-22)11-16-23-17-18-24(29-2)26(28)25(23)27/h7-10,12-15,17-18H,3-6H2,1-2H3. The summed E-state index contributed by atoms with van der Waals surface area (Å²) in [5, 5.41) is 0. The normalized spacial score (nSPS) is 10.3. The third kappa shape index (κ3) is 5.23. The monoisotopic (exact) mass is 390 g/mol. The Labute approximate surface area is 171 Å². The van der Waals surface area contributed by atoms with Crippen LogP contribution in [0.3, 0.4) is 0 Å². The highest BCUT2D eigenvalue weighted by Crippen LogP contribution is 2.23. The first-order chi connectivity index (χ1) is 14.1. The van der Waals surface area contributed by atoms with Crippen molar-refractivity contribution in [3.05, 3.63) is 89.0 Å². The van der Waals surface area contributed by atoms with Crippen molar-refractivity contribution < 1.29 is 13.5 Å². The molecule has 0 amide bonds. The summed E-state index contributed by atoms with van der Waals surface area (Å²) in [6.07, 6.45) is 4.83. The number of ether oxygens (including phenoxy) is 1. The number of hydrogen-bond donors (Lipinski definition) is 0. The summed E-state index contributed by atoms with van der Waals surface area (Å²) in [7, 11) is 1.30. The Hall–Kier alpha value is -3.12. The van der Waals surface area contributed by atoms with Crippen LogP contribution in [0.15, 0.2) is 60.7 Å². The fourth-order valence-corrected chi connectivity index (χ4v) is 3.11. The smallest absolute Gasteiger partial charge is 0.201 e. The molecule has 0 bridgehead atoms. The largest absolute Gasteiger partial charge is 0.494 e. The predicted molar refractivity (Wildman–Crippen MR) is 114 cm³/mol. The highest BCUT2D eigenvalue weighted by atomic mass is 19.2. The lowest BCUT2D eigenvalue weighted by molar-refractivity contribution is 0.371. The minimum absolute atomic E-state index is 0.00559. The van der Waals surface area contributed by atoms with Gasteiger partial charge in [0.05, 0.1) is 12.7 Å². The van der Waals surface area contributed by atoms with Crippen LogP contribution in [0.2, 0.25) is 0 Å². The van der Waals surface area contributed by atoms with E-state index in [2.05, 4.69) is 43.0 Å². The van der Waals surface area contributed by atoms with Gasteiger partial charge in [-0.2, -0.15) is 4.39 Å². The third-order valence-corrected chi connectivity index (χ3v) is 4.85. The second-order valence-electron chi connectivity index (χ2n) is 6.92. The molecule has 3 aromatic rings. The Kier molecular flexibility index (Phi) is 7.03. The Bertz CT molecular complexity index is 1010. The van der Waals surface area contributed by atoms with Gasteiger partial charge in [0.25, 0.3) is 0 Å². The van der Waals surface area contributed by atoms with E-state index in [0.717, 1.165) is 23.1 Å². The summed E-state index contributed by atoms with van der Waals surface area (Å²) in [5.74, 6) is 3.43. The van der Waals surface area contributed by atoms with Crippen LogP contribution < -0.4 is 4.74 Å². The van der Waals surface area contributed by atoms with Crippen molar-refractivity contribution in [2.24, 2.45) is 0 Å². The Morgan fingerprint density at radius 2 is 1.41 bits per heavy atom. The van der Waals surface area contributed by atoms with Crippen molar-refractivity contribution in [2.45, 2.75) is 32.6 Å². The van der Waals surface area contributed by atoms with Gasteiger partial charge in [-0.25, -0.2) is 4.39 Å². The summed E-state index contributed by atoms with van der Waals surface area (Å²) in [4.78, 5) is 0. The summed E-state index contributed by atoms with van der Waals surface area (Å²) in [6, 6.07) is 19.2. The summed E-state index contributed by atoms with van der Waals surface area (Å²) >= 11 is 0. The molecule has 0 radical (unpaired) electrons. The number of rotatable bonds is 6. The molecule has 0 fully saturated rings. The molecule has 3 aromatic carbocycles. The zero-order valence-corrected chi connectivity index (χ0v) is 16.8. The van der Waals surface area contributed by atoms with Gasteiger partial charge >= 0.3 is 0 Å². The van der Waals surface area contributed by atoms with E-state index in [9.17, 15) is 8.78 Å². The van der Waals surface area contributed by atoms with E-state index in [-0.39, 0.29) is 11.3 Å². The molecule has 1 nitrogen and oxygen atoms in total. The number of hydrogen-bond acceptors (Lipinski definition) is 1. The molecule has 0 unspecified atom stereocenters. The quantitative estimate of drug-likeness (QED) is 0.333. The second kappa shape index (κ2) is 9.89. The fraction of sp³-hybridized carbons (Fsp3) is 0.231. The highest BCUT2D eigenvalue weighted by Gasteiger charge is 2.12. The zero-order valence-electron chi connectivity index (χ0n) is 16.8. The van der Waals surface area contributed by atoms with Crippen molar-refractivity contribution in [1.82, 2.24) is 0 Å². The molecule has 3 rings (SSSR count). The number of aryl methyl sites for hydroxylation is 1. The molecule has 0 aliphatic heterocycles. The molecular weight excluding hydrogens is 366 g/mol. The fourth-order valence-electron chi connectivity index (χ4n) is 3.11.